The van der Waals surface area contributed by atoms with Crippen LogP contribution in [0.1, 0.15) is 48.7 Å². The third-order valence-corrected chi connectivity index (χ3v) is 5.17. The minimum atomic E-state index is 0.00502. The number of aromatic nitrogens is 3. The molecule has 1 N–H and O–H groups in total. The van der Waals surface area contributed by atoms with Gasteiger partial charge in [0.1, 0.15) is 0 Å². The van der Waals surface area contributed by atoms with E-state index in [1.807, 2.05) is 19.2 Å². The standard InChI is InChI=1S/C19H24N4O2/c1-13-10-16(6-8-20-13)21-15-2-4-17(5-3-15)23-19(24)11-14-12-25-9-7-18(14)22-23/h6,8,10-11,15,17H,2-5,7,9,12H2,1H3,(H,20,21). The molecule has 0 spiro atoms. The summed E-state index contributed by atoms with van der Waals surface area (Å²) >= 11 is 0. The van der Waals surface area contributed by atoms with Gasteiger partial charge in [-0.25, -0.2) is 4.68 Å². The summed E-state index contributed by atoms with van der Waals surface area (Å²) < 4.78 is 7.13. The summed E-state index contributed by atoms with van der Waals surface area (Å²) in [5.41, 5.74) is 4.13. The second kappa shape index (κ2) is 6.96. The number of anilines is 1. The highest BCUT2D eigenvalue weighted by atomic mass is 16.5. The number of nitrogens with zero attached hydrogens (tertiary/aromatic N) is 3. The van der Waals surface area contributed by atoms with Gasteiger partial charge in [-0.05, 0) is 44.7 Å². The molecule has 0 saturated heterocycles. The number of pyridine rings is 1. The van der Waals surface area contributed by atoms with Gasteiger partial charge >= 0.3 is 0 Å². The van der Waals surface area contributed by atoms with Crippen molar-refractivity contribution in [2.45, 2.75) is 57.7 Å². The third-order valence-electron chi connectivity index (χ3n) is 5.17. The molecule has 3 heterocycles. The van der Waals surface area contributed by atoms with Gasteiger partial charge < -0.3 is 10.1 Å². The fourth-order valence-corrected chi connectivity index (χ4v) is 3.83. The molecule has 1 aliphatic heterocycles. The minimum Gasteiger partial charge on any atom is -0.382 e. The molecule has 25 heavy (non-hydrogen) atoms. The van der Waals surface area contributed by atoms with E-state index in [2.05, 4.69) is 21.5 Å². The van der Waals surface area contributed by atoms with Crippen LogP contribution in [-0.2, 0) is 17.8 Å². The van der Waals surface area contributed by atoms with E-state index in [9.17, 15) is 4.79 Å². The molecule has 0 atom stereocenters. The van der Waals surface area contributed by atoms with E-state index in [0.717, 1.165) is 54.7 Å². The van der Waals surface area contributed by atoms with Gasteiger partial charge in [-0.3, -0.25) is 9.78 Å². The molecule has 132 valence electrons. The molecule has 1 aliphatic carbocycles. The Kier molecular flexibility index (Phi) is 4.53. The number of ether oxygens (including phenoxy) is 1. The fraction of sp³-hybridized carbons (Fsp3) is 0.526. The predicted octanol–water partition coefficient (Wildman–Crippen LogP) is 2.62. The van der Waals surface area contributed by atoms with Gasteiger partial charge in [0.25, 0.3) is 5.56 Å². The van der Waals surface area contributed by atoms with Crippen LogP contribution < -0.4 is 10.9 Å². The van der Waals surface area contributed by atoms with Gasteiger partial charge in [0, 0.05) is 41.7 Å². The zero-order valence-electron chi connectivity index (χ0n) is 14.6. The van der Waals surface area contributed by atoms with Crippen molar-refractivity contribution in [1.29, 1.82) is 0 Å². The number of hydrogen-bond acceptors (Lipinski definition) is 5. The lowest BCUT2D eigenvalue weighted by Crippen LogP contribution is -2.35. The van der Waals surface area contributed by atoms with Crippen molar-refractivity contribution in [3.05, 3.63) is 51.7 Å². The maximum atomic E-state index is 12.4. The van der Waals surface area contributed by atoms with Gasteiger partial charge in [0.15, 0.2) is 0 Å². The highest BCUT2D eigenvalue weighted by Crippen LogP contribution is 2.29. The smallest absolute Gasteiger partial charge is 0.267 e. The molecular weight excluding hydrogens is 316 g/mol. The molecule has 0 radical (unpaired) electrons. The van der Waals surface area contributed by atoms with Crippen molar-refractivity contribution in [2.75, 3.05) is 11.9 Å². The minimum absolute atomic E-state index is 0.00502. The lowest BCUT2D eigenvalue weighted by molar-refractivity contribution is 0.107. The lowest BCUT2D eigenvalue weighted by Gasteiger charge is -2.30. The summed E-state index contributed by atoms with van der Waals surface area (Å²) in [5, 5.41) is 8.25. The van der Waals surface area contributed by atoms with Gasteiger partial charge in [-0.1, -0.05) is 0 Å². The molecule has 0 aromatic carbocycles. The third kappa shape index (κ3) is 3.58. The maximum Gasteiger partial charge on any atom is 0.267 e. The van der Waals surface area contributed by atoms with Crippen molar-refractivity contribution in [1.82, 2.24) is 14.8 Å². The molecule has 6 nitrogen and oxygen atoms in total. The topological polar surface area (TPSA) is 69.0 Å². The zero-order valence-corrected chi connectivity index (χ0v) is 14.6. The van der Waals surface area contributed by atoms with Crippen LogP contribution in [0, 0.1) is 6.92 Å². The van der Waals surface area contributed by atoms with E-state index in [4.69, 9.17) is 4.74 Å². The first-order valence-electron chi connectivity index (χ1n) is 9.07. The SMILES string of the molecule is Cc1cc(NC2CCC(n3nc4c(cc3=O)COCC4)CC2)ccn1. The summed E-state index contributed by atoms with van der Waals surface area (Å²) in [4.78, 5) is 16.7. The average molecular weight is 340 g/mol. The number of aryl methyl sites for hydroxylation is 1. The fourth-order valence-electron chi connectivity index (χ4n) is 3.83. The van der Waals surface area contributed by atoms with Crippen LogP contribution in [0.5, 0.6) is 0 Å². The summed E-state index contributed by atoms with van der Waals surface area (Å²) in [6.45, 7) is 3.21. The van der Waals surface area contributed by atoms with Gasteiger partial charge in [0.05, 0.1) is 24.9 Å². The first-order valence-corrected chi connectivity index (χ1v) is 9.07. The quantitative estimate of drug-likeness (QED) is 0.930. The predicted molar refractivity (Wildman–Crippen MR) is 95.7 cm³/mol. The molecule has 2 aromatic heterocycles. The van der Waals surface area contributed by atoms with Crippen LogP contribution in [0.4, 0.5) is 5.69 Å². The van der Waals surface area contributed by atoms with Crippen molar-refractivity contribution in [3.63, 3.8) is 0 Å². The Hall–Kier alpha value is -2.21. The second-order valence-corrected chi connectivity index (χ2v) is 7.04. The molecule has 0 bridgehead atoms. The molecule has 1 fully saturated rings. The first kappa shape index (κ1) is 16.3. The molecule has 1 saturated carbocycles. The maximum absolute atomic E-state index is 12.4. The van der Waals surface area contributed by atoms with E-state index in [1.54, 1.807) is 10.7 Å². The summed E-state index contributed by atoms with van der Waals surface area (Å²) in [7, 11) is 0. The van der Waals surface area contributed by atoms with Crippen molar-refractivity contribution in [3.8, 4) is 0 Å². The monoisotopic (exact) mass is 340 g/mol. The highest BCUT2D eigenvalue weighted by Gasteiger charge is 2.25. The van der Waals surface area contributed by atoms with Crippen LogP contribution >= 0.6 is 0 Å². The molecular formula is C19H24N4O2. The van der Waals surface area contributed by atoms with Crippen LogP contribution in [-0.4, -0.2) is 27.4 Å². The van der Waals surface area contributed by atoms with Gasteiger partial charge in [0.2, 0.25) is 0 Å². The molecule has 6 heteroatoms. The average Bonchev–Trinajstić information content (AvgIpc) is 2.62. The Bertz CT molecular complexity index is 809. The van der Waals surface area contributed by atoms with E-state index >= 15 is 0 Å². The van der Waals surface area contributed by atoms with Crippen molar-refractivity contribution < 1.29 is 4.74 Å². The van der Waals surface area contributed by atoms with Gasteiger partial charge in [-0.2, -0.15) is 5.10 Å². The highest BCUT2D eigenvalue weighted by molar-refractivity contribution is 5.43. The number of hydrogen-bond donors (Lipinski definition) is 1. The van der Waals surface area contributed by atoms with E-state index in [0.29, 0.717) is 19.3 Å². The van der Waals surface area contributed by atoms with Crippen LogP contribution in [0.2, 0.25) is 0 Å². The number of rotatable bonds is 3. The van der Waals surface area contributed by atoms with E-state index in [-0.39, 0.29) is 11.6 Å². The van der Waals surface area contributed by atoms with Crippen LogP contribution in [0.25, 0.3) is 0 Å². The Labute approximate surface area is 147 Å². The van der Waals surface area contributed by atoms with E-state index < -0.39 is 0 Å². The molecule has 2 aliphatic rings. The lowest BCUT2D eigenvalue weighted by atomic mass is 9.91. The summed E-state index contributed by atoms with van der Waals surface area (Å²) in [6, 6.07) is 6.45. The Balaban J connectivity index is 1.43. The Morgan fingerprint density at radius 3 is 2.88 bits per heavy atom. The molecule has 2 aromatic rings. The molecule has 0 amide bonds. The van der Waals surface area contributed by atoms with Crippen molar-refractivity contribution in [2.24, 2.45) is 0 Å². The van der Waals surface area contributed by atoms with Gasteiger partial charge in [-0.15, -0.1) is 0 Å². The summed E-state index contributed by atoms with van der Waals surface area (Å²) in [6.07, 6.45) is 6.67. The normalized spacial score (nSPS) is 23.1. The first-order chi connectivity index (χ1) is 12.2. The van der Waals surface area contributed by atoms with Crippen LogP contribution in [0.3, 0.4) is 0 Å². The molecule has 0 unspecified atom stereocenters. The van der Waals surface area contributed by atoms with Crippen molar-refractivity contribution >= 4 is 5.69 Å². The number of fused-ring (bicyclic) bond motifs is 1. The number of nitrogens with one attached hydrogen (secondary N) is 1. The second-order valence-electron chi connectivity index (χ2n) is 7.04. The molecule has 4 rings (SSSR count). The zero-order chi connectivity index (χ0) is 17.2. The Morgan fingerprint density at radius 1 is 1.24 bits per heavy atom. The van der Waals surface area contributed by atoms with Crippen LogP contribution in [0.15, 0.2) is 29.2 Å². The van der Waals surface area contributed by atoms with E-state index in [1.165, 1.54) is 0 Å². The Morgan fingerprint density at radius 2 is 2.08 bits per heavy atom. The largest absolute Gasteiger partial charge is 0.382 e. The summed E-state index contributed by atoms with van der Waals surface area (Å²) in [5.74, 6) is 0.